The van der Waals surface area contributed by atoms with Crippen molar-refractivity contribution in [3.63, 3.8) is 0 Å². The van der Waals surface area contributed by atoms with E-state index < -0.39 is 0 Å². The van der Waals surface area contributed by atoms with Gasteiger partial charge in [-0.2, -0.15) is 0 Å². The molecule has 0 aliphatic rings. The van der Waals surface area contributed by atoms with Crippen molar-refractivity contribution in [1.82, 2.24) is 0 Å². The third-order valence-corrected chi connectivity index (χ3v) is 3.69. The number of benzene rings is 1. The van der Waals surface area contributed by atoms with Gasteiger partial charge in [-0.1, -0.05) is 11.6 Å². The Hall–Kier alpha value is 1.20. The second kappa shape index (κ2) is 3.74. The van der Waals surface area contributed by atoms with Gasteiger partial charge in [-0.3, -0.25) is 0 Å². The molecule has 0 radical (unpaired) electrons. The van der Waals surface area contributed by atoms with Gasteiger partial charge in [-0.05, 0) is 66.6 Å². The first-order valence-corrected chi connectivity index (χ1v) is 5.45. The fourth-order valence-electron chi connectivity index (χ4n) is 0.525. The van der Waals surface area contributed by atoms with Gasteiger partial charge in [0.25, 0.3) is 0 Å². The van der Waals surface area contributed by atoms with Gasteiger partial charge in [0.2, 0.25) is 0 Å². The van der Waals surface area contributed by atoms with E-state index in [0.717, 1.165) is 17.5 Å². The zero-order valence-corrected chi connectivity index (χ0v) is 10.8. The smallest absolute Gasteiger partial charge is 0.0690 e. The molecule has 1 rings (SSSR count). The molecular formula is C6H2Br2ClI. The van der Waals surface area contributed by atoms with E-state index in [9.17, 15) is 0 Å². The van der Waals surface area contributed by atoms with Gasteiger partial charge >= 0.3 is 0 Å². The number of hydrogen-bond acceptors (Lipinski definition) is 0. The fraction of sp³-hybridized carbons (Fsp3) is 0. The van der Waals surface area contributed by atoms with Gasteiger partial charge in [0, 0.05) is 12.5 Å². The topological polar surface area (TPSA) is 0 Å². The summed E-state index contributed by atoms with van der Waals surface area (Å²) in [5.41, 5.74) is 0. The molecule has 10 heavy (non-hydrogen) atoms. The van der Waals surface area contributed by atoms with Crippen molar-refractivity contribution >= 4 is 66.1 Å². The van der Waals surface area contributed by atoms with E-state index in [1.165, 1.54) is 0 Å². The van der Waals surface area contributed by atoms with Crippen LogP contribution in [0.15, 0.2) is 21.1 Å². The summed E-state index contributed by atoms with van der Waals surface area (Å²) >= 11 is 14.7. The number of rotatable bonds is 0. The SMILES string of the molecule is Clc1c(Br)cc(I)cc1Br. The second-order valence-electron chi connectivity index (χ2n) is 1.68. The summed E-state index contributed by atoms with van der Waals surface area (Å²) in [6, 6.07) is 3.93. The Labute approximate surface area is 94.7 Å². The Morgan fingerprint density at radius 2 is 1.60 bits per heavy atom. The minimum atomic E-state index is 0.723. The number of hydrogen-bond donors (Lipinski definition) is 0. The molecule has 0 bridgehead atoms. The van der Waals surface area contributed by atoms with Gasteiger partial charge in [0.1, 0.15) is 0 Å². The maximum atomic E-state index is 5.85. The lowest BCUT2D eigenvalue weighted by Crippen LogP contribution is -1.75. The maximum Gasteiger partial charge on any atom is 0.0690 e. The summed E-state index contributed by atoms with van der Waals surface area (Å²) in [4.78, 5) is 0. The molecule has 0 spiro atoms. The Morgan fingerprint density at radius 3 is 2.00 bits per heavy atom. The molecule has 0 nitrogen and oxygen atoms in total. The van der Waals surface area contributed by atoms with Crippen LogP contribution >= 0.6 is 66.1 Å². The summed E-state index contributed by atoms with van der Waals surface area (Å²) in [6.07, 6.45) is 0. The quantitative estimate of drug-likeness (QED) is 0.345. The van der Waals surface area contributed by atoms with E-state index in [2.05, 4.69) is 54.5 Å². The monoisotopic (exact) mass is 394 g/mol. The summed E-state index contributed by atoms with van der Waals surface area (Å²) in [5.74, 6) is 0. The predicted molar refractivity (Wildman–Crippen MR) is 59.6 cm³/mol. The van der Waals surface area contributed by atoms with Gasteiger partial charge < -0.3 is 0 Å². The van der Waals surface area contributed by atoms with E-state index in [1.807, 2.05) is 12.1 Å². The highest BCUT2D eigenvalue weighted by Gasteiger charge is 2.02. The lowest BCUT2D eigenvalue weighted by molar-refractivity contribution is 1.55. The zero-order valence-electron chi connectivity index (χ0n) is 4.67. The molecule has 0 N–H and O–H groups in total. The van der Waals surface area contributed by atoms with Crippen LogP contribution in [0.3, 0.4) is 0 Å². The molecule has 1 aromatic carbocycles. The molecule has 0 saturated heterocycles. The molecule has 0 fully saturated rings. The molecule has 0 aliphatic carbocycles. The molecule has 0 heterocycles. The van der Waals surface area contributed by atoms with Crippen LogP contribution in [0.4, 0.5) is 0 Å². The van der Waals surface area contributed by atoms with Crippen LogP contribution in [0.2, 0.25) is 5.02 Å². The third kappa shape index (κ3) is 2.09. The summed E-state index contributed by atoms with van der Waals surface area (Å²) in [6.45, 7) is 0. The Morgan fingerprint density at radius 1 is 1.20 bits per heavy atom. The third-order valence-electron chi connectivity index (χ3n) is 0.949. The minimum Gasteiger partial charge on any atom is -0.0819 e. The fourth-order valence-corrected chi connectivity index (χ4v) is 3.30. The summed E-state index contributed by atoms with van der Waals surface area (Å²) in [7, 11) is 0. The van der Waals surface area contributed by atoms with Crippen LogP contribution in [0.25, 0.3) is 0 Å². The van der Waals surface area contributed by atoms with Crippen molar-refractivity contribution in [2.45, 2.75) is 0 Å². The predicted octanol–water partition coefficient (Wildman–Crippen LogP) is 4.47. The van der Waals surface area contributed by atoms with Crippen LogP contribution in [-0.4, -0.2) is 0 Å². The lowest BCUT2D eigenvalue weighted by atomic mass is 10.4. The van der Waals surface area contributed by atoms with Crippen LogP contribution in [0.5, 0.6) is 0 Å². The first-order valence-electron chi connectivity index (χ1n) is 2.41. The minimum absolute atomic E-state index is 0.723. The molecule has 0 amide bonds. The largest absolute Gasteiger partial charge is 0.0819 e. The van der Waals surface area contributed by atoms with Crippen molar-refractivity contribution < 1.29 is 0 Å². The Bertz CT molecular complexity index is 239. The standard InChI is InChI=1S/C6H2Br2ClI/c7-4-1-3(10)2-5(8)6(4)9/h1-2H. The molecule has 0 atom stereocenters. The van der Waals surface area contributed by atoms with Gasteiger partial charge in [-0.15, -0.1) is 0 Å². The summed E-state index contributed by atoms with van der Waals surface area (Å²) in [5, 5.41) is 0.723. The highest BCUT2D eigenvalue weighted by molar-refractivity contribution is 14.1. The normalized spacial score (nSPS) is 10.0. The van der Waals surface area contributed by atoms with Crippen LogP contribution in [0, 0.1) is 3.57 Å². The van der Waals surface area contributed by atoms with E-state index >= 15 is 0 Å². The average molecular weight is 396 g/mol. The van der Waals surface area contributed by atoms with E-state index in [-0.39, 0.29) is 0 Å². The molecule has 4 heteroatoms. The van der Waals surface area contributed by atoms with E-state index in [4.69, 9.17) is 11.6 Å². The highest BCUT2D eigenvalue weighted by atomic mass is 127. The highest BCUT2D eigenvalue weighted by Crippen LogP contribution is 2.31. The molecule has 1 aromatic rings. The van der Waals surface area contributed by atoms with Crippen molar-refractivity contribution in [3.05, 3.63) is 29.7 Å². The van der Waals surface area contributed by atoms with Crippen molar-refractivity contribution in [3.8, 4) is 0 Å². The van der Waals surface area contributed by atoms with E-state index in [1.54, 1.807) is 0 Å². The second-order valence-corrected chi connectivity index (χ2v) is 5.02. The maximum absolute atomic E-state index is 5.85. The van der Waals surface area contributed by atoms with Gasteiger partial charge in [-0.25, -0.2) is 0 Å². The van der Waals surface area contributed by atoms with Crippen LogP contribution < -0.4 is 0 Å². The van der Waals surface area contributed by atoms with Gasteiger partial charge in [0.05, 0.1) is 5.02 Å². The average Bonchev–Trinajstić information content (AvgIpc) is 1.82. The van der Waals surface area contributed by atoms with Crippen LogP contribution in [-0.2, 0) is 0 Å². The lowest BCUT2D eigenvalue weighted by Gasteiger charge is -1.98. The molecule has 54 valence electrons. The summed E-state index contributed by atoms with van der Waals surface area (Å²) < 4.78 is 3.00. The Balaban J connectivity index is 3.31. The molecule has 0 aromatic heterocycles. The first-order chi connectivity index (χ1) is 4.61. The van der Waals surface area contributed by atoms with E-state index in [0.29, 0.717) is 0 Å². The van der Waals surface area contributed by atoms with Crippen LogP contribution in [0.1, 0.15) is 0 Å². The molecule has 0 aliphatic heterocycles. The molecular weight excluding hydrogens is 394 g/mol. The molecule has 0 unspecified atom stereocenters. The Kier molecular flexibility index (Phi) is 3.47. The van der Waals surface area contributed by atoms with Gasteiger partial charge in [0.15, 0.2) is 0 Å². The van der Waals surface area contributed by atoms with Crippen molar-refractivity contribution in [1.29, 1.82) is 0 Å². The zero-order chi connectivity index (χ0) is 7.72. The number of halogens is 4. The first kappa shape index (κ1) is 9.29. The molecule has 0 saturated carbocycles. The van der Waals surface area contributed by atoms with Crippen molar-refractivity contribution in [2.24, 2.45) is 0 Å². The van der Waals surface area contributed by atoms with Crippen molar-refractivity contribution in [2.75, 3.05) is 0 Å².